The van der Waals surface area contributed by atoms with Crippen LogP contribution in [-0.4, -0.2) is 110 Å². The van der Waals surface area contributed by atoms with Crippen molar-refractivity contribution in [3.05, 3.63) is 93.7 Å². The zero-order valence-electron chi connectivity index (χ0n) is 37.1. The molecule has 2 aliphatic heterocycles. The van der Waals surface area contributed by atoms with Gasteiger partial charge in [-0.1, -0.05) is 35.3 Å². The number of nitrogens with two attached hydrogens (primary N) is 1. The maximum Gasteiger partial charge on any atom is 0.321 e. The van der Waals surface area contributed by atoms with Crippen LogP contribution in [0.4, 0.5) is 20.2 Å². The second-order valence-corrected chi connectivity index (χ2v) is 18.4. The largest absolute Gasteiger partial charge is 0.480 e. The third-order valence-corrected chi connectivity index (χ3v) is 13.4. The van der Waals surface area contributed by atoms with Crippen molar-refractivity contribution in [3.8, 4) is 35.3 Å². The number of aromatic nitrogens is 10. The fraction of sp³-hybridized carbons (Fsp3) is 0.467. The summed E-state index contributed by atoms with van der Waals surface area (Å²) in [6, 6.07) is 18.7. The Bertz CT molecular complexity index is 2530. The van der Waals surface area contributed by atoms with Gasteiger partial charge in [-0.3, -0.25) is 0 Å². The number of aryl methyl sites for hydroxylation is 2. The molecule has 4 atom stereocenters. The number of benzene rings is 2. The molecule has 2 aromatic carbocycles. The highest BCUT2D eigenvalue weighted by Gasteiger charge is 2.43. The van der Waals surface area contributed by atoms with Crippen LogP contribution >= 0.6 is 39.1 Å². The molecule has 4 aromatic heterocycles. The summed E-state index contributed by atoms with van der Waals surface area (Å²) in [5.74, 6) is 5.69. The Hall–Kier alpha value is -5.44. The minimum Gasteiger partial charge on any atom is -0.480 e. The van der Waals surface area contributed by atoms with Gasteiger partial charge in [0.1, 0.15) is 24.8 Å². The van der Waals surface area contributed by atoms with E-state index in [-0.39, 0.29) is 19.1 Å². The van der Waals surface area contributed by atoms with Crippen molar-refractivity contribution < 1.29 is 27.7 Å². The van der Waals surface area contributed by atoms with Crippen LogP contribution in [-0.2, 0) is 19.5 Å². The van der Waals surface area contributed by atoms with Crippen LogP contribution in [0.15, 0.2) is 77.8 Å². The van der Waals surface area contributed by atoms with Crippen LogP contribution in [0.2, 0.25) is 10.0 Å². The van der Waals surface area contributed by atoms with Crippen molar-refractivity contribution in [2.75, 3.05) is 63.5 Å². The van der Waals surface area contributed by atoms with Gasteiger partial charge in [-0.05, 0) is 108 Å². The number of hydrogen-bond acceptors (Lipinski definition) is 15. The minimum atomic E-state index is -0.540. The lowest BCUT2D eigenvalue weighted by molar-refractivity contribution is 0.265. The standard InChI is InChI=1S/C23H26ClFN6O2.C12H18N4O.C10H8BrClFN3O/c1-32-22-10-18(12-26-28-22)30-13-15-5-6-16(14-30)20(15)11-21-27-23(31(29-21)8-7-25)33-19-4-2-3-17(24)9-19;1-17-11-4-10(5-14-15-11)16-6-8-2-3-9(7-16)12(8)13;11-9-14-10(16(15-9)5-4-13)17-8-3-1-2-7(12)6-8/h2-4,9-10,12,15-16,20H,5-8,11,13-14H2,1H3;4-5,8-9,12H,2-3,6-7,13H2,1H3;1-3,6H,4-5H2. The molecule has 4 aliphatic rings. The summed E-state index contributed by atoms with van der Waals surface area (Å²) in [6.45, 7) is 3.09. The smallest absolute Gasteiger partial charge is 0.321 e. The third-order valence-electron chi connectivity index (χ3n) is 12.6. The first kappa shape index (κ1) is 48.0. The number of piperidine rings is 2. The summed E-state index contributed by atoms with van der Waals surface area (Å²) in [7, 11) is 3.22. The molecular formula is C45H52BrCl2F2N13O4. The highest BCUT2D eigenvalue weighted by Crippen LogP contribution is 2.45. The van der Waals surface area contributed by atoms with Gasteiger partial charge < -0.3 is 34.5 Å². The molecule has 2 N–H and O–H groups in total. The van der Waals surface area contributed by atoms with Gasteiger partial charge in [-0.15, -0.1) is 15.3 Å². The first-order chi connectivity index (χ1) is 32.6. The Labute approximate surface area is 405 Å². The molecule has 10 rings (SSSR count). The molecule has 4 fully saturated rings. The number of rotatable bonds is 14. The highest BCUT2D eigenvalue weighted by atomic mass is 79.9. The van der Waals surface area contributed by atoms with Crippen LogP contribution in [0, 0.1) is 29.6 Å². The van der Waals surface area contributed by atoms with E-state index in [1.165, 1.54) is 35.0 Å². The van der Waals surface area contributed by atoms with E-state index in [0.29, 0.717) is 85.5 Å². The van der Waals surface area contributed by atoms with Gasteiger partial charge >= 0.3 is 12.0 Å². The predicted octanol–water partition coefficient (Wildman–Crippen LogP) is 8.31. The van der Waals surface area contributed by atoms with Gasteiger partial charge in [-0.2, -0.15) is 25.3 Å². The number of ether oxygens (including phenoxy) is 4. The van der Waals surface area contributed by atoms with E-state index in [1.54, 1.807) is 75.1 Å². The van der Waals surface area contributed by atoms with Crippen LogP contribution in [0.25, 0.3) is 0 Å². The summed E-state index contributed by atoms with van der Waals surface area (Å²) in [6.07, 6.45) is 9.24. The molecule has 356 valence electrons. The quantitative estimate of drug-likeness (QED) is 0.110. The van der Waals surface area contributed by atoms with Crippen LogP contribution in [0.5, 0.6) is 35.3 Å². The molecule has 4 bridgehead atoms. The minimum absolute atomic E-state index is 0.0918. The first-order valence-corrected chi connectivity index (χ1v) is 23.7. The second kappa shape index (κ2) is 22.6. The van der Waals surface area contributed by atoms with E-state index in [0.717, 1.165) is 44.0 Å². The number of hydrogen-bond donors (Lipinski definition) is 1. The molecule has 2 aliphatic carbocycles. The average molecular weight is 1030 g/mol. The van der Waals surface area contributed by atoms with Crippen molar-refractivity contribution in [2.24, 2.45) is 35.3 Å². The second-order valence-electron chi connectivity index (χ2n) is 16.8. The zero-order chi connectivity index (χ0) is 46.9. The number of nitrogens with zero attached hydrogens (tertiary/aromatic N) is 12. The van der Waals surface area contributed by atoms with Gasteiger partial charge in [0, 0.05) is 60.8 Å². The summed E-state index contributed by atoms with van der Waals surface area (Å²) in [5.41, 5.74) is 8.34. The Kier molecular flexibility index (Phi) is 16.2. The van der Waals surface area contributed by atoms with Crippen LogP contribution in [0.1, 0.15) is 31.5 Å². The molecule has 6 aromatic rings. The Morgan fingerprint density at radius 3 is 1.64 bits per heavy atom. The monoisotopic (exact) mass is 1030 g/mol. The van der Waals surface area contributed by atoms with Crippen molar-refractivity contribution in [3.63, 3.8) is 0 Å². The Balaban J connectivity index is 0.000000150. The summed E-state index contributed by atoms with van der Waals surface area (Å²) in [4.78, 5) is 13.3. The molecule has 0 spiro atoms. The van der Waals surface area contributed by atoms with Crippen molar-refractivity contribution in [1.82, 2.24) is 49.9 Å². The SMILES string of the molecule is COc1cc(N2CC3CCC(C2)C3Cc2nc(Oc3cccc(Cl)c3)n(CCF)n2)cnn1.COc1cc(N2CC3CCC(C2)C3N)cnn1.FCCn1nc(Br)nc1Oc1cccc(Cl)c1. The van der Waals surface area contributed by atoms with Gasteiger partial charge in [-0.25, -0.2) is 18.1 Å². The van der Waals surface area contributed by atoms with Crippen molar-refractivity contribution in [1.29, 1.82) is 0 Å². The molecule has 6 heterocycles. The first-order valence-electron chi connectivity index (χ1n) is 22.1. The van der Waals surface area contributed by atoms with Crippen LogP contribution in [0.3, 0.4) is 0 Å². The molecule has 67 heavy (non-hydrogen) atoms. The summed E-state index contributed by atoms with van der Waals surface area (Å²) < 4.78 is 50.3. The van der Waals surface area contributed by atoms with Crippen LogP contribution < -0.4 is 34.5 Å². The molecule has 0 amide bonds. The van der Waals surface area contributed by atoms with Gasteiger partial charge in [0.25, 0.3) is 0 Å². The Morgan fingerprint density at radius 2 is 1.15 bits per heavy atom. The molecule has 17 nitrogen and oxygen atoms in total. The lowest BCUT2D eigenvalue weighted by Gasteiger charge is -2.38. The Morgan fingerprint density at radius 1 is 0.672 bits per heavy atom. The van der Waals surface area contributed by atoms with Gasteiger partial charge in [0.15, 0.2) is 5.82 Å². The van der Waals surface area contributed by atoms with E-state index in [1.807, 2.05) is 12.1 Å². The normalized spacial score (nSPS) is 21.5. The van der Waals surface area contributed by atoms with Crippen molar-refractivity contribution >= 4 is 50.5 Å². The molecular weight excluding hydrogens is 975 g/mol. The molecule has 4 unspecified atom stereocenters. The number of methoxy groups -OCH3 is 2. The fourth-order valence-corrected chi connectivity index (χ4v) is 10.1. The molecule has 0 radical (unpaired) electrons. The summed E-state index contributed by atoms with van der Waals surface area (Å²) in [5, 5.41) is 25.5. The maximum atomic E-state index is 13.1. The number of fused-ring (bicyclic) bond motifs is 4. The third kappa shape index (κ3) is 12.2. The van der Waals surface area contributed by atoms with E-state index < -0.39 is 13.3 Å². The van der Waals surface area contributed by atoms with Gasteiger partial charge in [0.05, 0.1) is 51.1 Å². The highest BCUT2D eigenvalue weighted by molar-refractivity contribution is 9.10. The fourth-order valence-electron chi connectivity index (χ4n) is 9.42. The zero-order valence-corrected chi connectivity index (χ0v) is 40.1. The number of alkyl halides is 2. The van der Waals surface area contributed by atoms with Crippen molar-refractivity contribution in [2.45, 2.75) is 51.2 Å². The molecule has 2 saturated heterocycles. The lowest BCUT2D eigenvalue weighted by atomic mass is 9.82. The topological polar surface area (TPSA) is 182 Å². The van der Waals surface area contributed by atoms with E-state index in [4.69, 9.17) is 47.9 Å². The predicted molar refractivity (Wildman–Crippen MR) is 252 cm³/mol. The summed E-state index contributed by atoms with van der Waals surface area (Å²) >= 11 is 15.0. The van der Waals surface area contributed by atoms with E-state index in [9.17, 15) is 8.78 Å². The molecule has 2 saturated carbocycles. The van der Waals surface area contributed by atoms with Gasteiger partial charge in [0.2, 0.25) is 16.5 Å². The number of halogens is 5. The number of anilines is 2. The lowest BCUT2D eigenvalue weighted by Crippen LogP contribution is -2.48. The van der Waals surface area contributed by atoms with E-state index >= 15 is 0 Å². The average Bonchev–Trinajstić information content (AvgIpc) is 3.99. The molecule has 22 heteroatoms. The van der Waals surface area contributed by atoms with E-state index in [2.05, 4.69) is 66.3 Å². The maximum absolute atomic E-state index is 13.1.